The minimum Gasteiger partial charge on any atom is -0.491 e. The third kappa shape index (κ3) is 3.45. The molecular weight excluding hydrogens is 442 g/mol. The standard InChI is InChI=1S/C26H28F6O/c1-4-6-15-7-9-16(10-8-15)17-13-14-24(3)18-11-12-19(33-5-2)22(28)20(18)25(29,30)26(31,32)23(24)21(17)27/h9,11-15,23H,4-8,10H2,1-3H3. The molecule has 0 saturated heterocycles. The highest BCUT2D eigenvalue weighted by Crippen LogP contribution is 2.64. The van der Waals surface area contributed by atoms with Gasteiger partial charge in [-0.25, -0.2) is 8.78 Å². The molecule has 3 atom stereocenters. The fourth-order valence-corrected chi connectivity index (χ4v) is 5.62. The third-order valence-electron chi connectivity index (χ3n) is 7.35. The zero-order chi connectivity index (χ0) is 24.2. The third-order valence-corrected chi connectivity index (χ3v) is 7.35. The van der Waals surface area contributed by atoms with E-state index in [1.54, 1.807) is 0 Å². The molecule has 0 bridgehead atoms. The van der Waals surface area contributed by atoms with Crippen molar-refractivity contribution in [2.24, 2.45) is 11.8 Å². The normalized spacial score (nSPS) is 29.9. The van der Waals surface area contributed by atoms with Crippen molar-refractivity contribution in [1.82, 2.24) is 0 Å². The van der Waals surface area contributed by atoms with Crippen molar-refractivity contribution in [1.29, 1.82) is 0 Å². The van der Waals surface area contributed by atoms with Crippen molar-refractivity contribution < 1.29 is 31.1 Å². The van der Waals surface area contributed by atoms with E-state index in [2.05, 4.69) is 6.92 Å². The minimum absolute atomic E-state index is 0.0214. The summed E-state index contributed by atoms with van der Waals surface area (Å²) in [6, 6.07) is 2.29. The predicted molar refractivity (Wildman–Crippen MR) is 115 cm³/mol. The summed E-state index contributed by atoms with van der Waals surface area (Å²) in [6.45, 7) is 4.85. The zero-order valence-electron chi connectivity index (χ0n) is 19.0. The number of rotatable bonds is 5. The Balaban J connectivity index is 1.85. The quantitative estimate of drug-likeness (QED) is 0.395. The van der Waals surface area contributed by atoms with E-state index in [0.717, 1.165) is 31.4 Å². The number of halogens is 6. The van der Waals surface area contributed by atoms with Crippen molar-refractivity contribution in [3.05, 3.63) is 64.3 Å². The molecular formula is C26H28F6O. The van der Waals surface area contributed by atoms with Crippen LogP contribution >= 0.6 is 0 Å². The van der Waals surface area contributed by atoms with Crippen molar-refractivity contribution in [2.45, 2.75) is 70.1 Å². The lowest BCUT2D eigenvalue weighted by Gasteiger charge is -2.50. The maximum Gasteiger partial charge on any atom is 0.339 e. The van der Waals surface area contributed by atoms with Crippen LogP contribution < -0.4 is 4.74 Å². The Morgan fingerprint density at radius 2 is 1.82 bits per heavy atom. The second-order valence-electron chi connectivity index (χ2n) is 9.40. The van der Waals surface area contributed by atoms with Crippen LogP contribution in [0, 0.1) is 17.7 Å². The number of alkyl halides is 4. The van der Waals surface area contributed by atoms with Gasteiger partial charge in [0, 0.05) is 11.0 Å². The average molecular weight is 470 g/mol. The summed E-state index contributed by atoms with van der Waals surface area (Å²) in [5, 5.41) is 0. The van der Waals surface area contributed by atoms with Gasteiger partial charge in [0.2, 0.25) is 0 Å². The topological polar surface area (TPSA) is 9.23 Å². The second-order valence-corrected chi connectivity index (χ2v) is 9.40. The first-order chi connectivity index (χ1) is 15.5. The highest BCUT2D eigenvalue weighted by atomic mass is 19.3. The first kappa shape index (κ1) is 24.0. The molecule has 3 unspecified atom stereocenters. The van der Waals surface area contributed by atoms with Crippen LogP contribution in [0.5, 0.6) is 5.75 Å². The number of hydrogen-bond donors (Lipinski definition) is 0. The van der Waals surface area contributed by atoms with Crippen molar-refractivity contribution >= 4 is 0 Å². The predicted octanol–water partition coefficient (Wildman–Crippen LogP) is 8.16. The minimum atomic E-state index is -4.91. The lowest BCUT2D eigenvalue weighted by molar-refractivity contribution is -0.258. The molecule has 3 aliphatic rings. The van der Waals surface area contributed by atoms with Gasteiger partial charge in [-0.15, -0.1) is 0 Å². The molecule has 4 rings (SSSR count). The van der Waals surface area contributed by atoms with Gasteiger partial charge in [0.1, 0.15) is 5.83 Å². The Hall–Kier alpha value is -2.18. The number of fused-ring (bicyclic) bond motifs is 3. The van der Waals surface area contributed by atoms with Crippen LogP contribution in [0.3, 0.4) is 0 Å². The van der Waals surface area contributed by atoms with Crippen LogP contribution in [-0.2, 0) is 11.3 Å². The fraction of sp³-hybridized carbons (Fsp3) is 0.538. The molecule has 0 amide bonds. The van der Waals surface area contributed by atoms with Gasteiger partial charge in [-0.2, -0.15) is 17.6 Å². The van der Waals surface area contributed by atoms with E-state index in [4.69, 9.17) is 4.74 Å². The zero-order valence-corrected chi connectivity index (χ0v) is 19.0. The number of benzene rings is 1. The summed E-state index contributed by atoms with van der Waals surface area (Å²) in [4.78, 5) is 0. The molecule has 0 aromatic heterocycles. The molecule has 0 aliphatic heterocycles. The van der Waals surface area contributed by atoms with Gasteiger partial charge < -0.3 is 4.74 Å². The number of hydrogen-bond acceptors (Lipinski definition) is 1. The van der Waals surface area contributed by atoms with E-state index < -0.39 is 46.1 Å². The Morgan fingerprint density at radius 3 is 2.42 bits per heavy atom. The fourth-order valence-electron chi connectivity index (χ4n) is 5.62. The Labute approximate surface area is 190 Å². The van der Waals surface area contributed by atoms with E-state index in [9.17, 15) is 4.39 Å². The van der Waals surface area contributed by atoms with Gasteiger partial charge in [0.25, 0.3) is 0 Å². The molecule has 0 N–H and O–H groups in total. The molecule has 0 spiro atoms. The molecule has 33 heavy (non-hydrogen) atoms. The Bertz CT molecular complexity index is 1040. The van der Waals surface area contributed by atoms with Gasteiger partial charge in [0.05, 0.1) is 18.1 Å². The monoisotopic (exact) mass is 470 g/mol. The van der Waals surface area contributed by atoms with Crippen LogP contribution in [-0.4, -0.2) is 12.5 Å². The summed E-state index contributed by atoms with van der Waals surface area (Å²) in [7, 11) is 0. The van der Waals surface area contributed by atoms with Crippen LogP contribution in [0.4, 0.5) is 26.3 Å². The molecule has 0 fully saturated rings. The molecule has 0 saturated carbocycles. The van der Waals surface area contributed by atoms with Crippen molar-refractivity contribution in [3.8, 4) is 5.75 Å². The first-order valence-corrected chi connectivity index (χ1v) is 11.5. The van der Waals surface area contributed by atoms with E-state index >= 15 is 22.0 Å². The molecule has 7 heteroatoms. The lowest BCUT2D eigenvalue weighted by Crippen LogP contribution is -2.58. The largest absolute Gasteiger partial charge is 0.491 e. The van der Waals surface area contributed by atoms with E-state index in [0.29, 0.717) is 24.3 Å². The summed E-state index contributed by atoms with van der Waals surface area (Å²) >= 11 is 0. The maximum atomic E-state index is 15.7. The maximum absolute atomic E-state index is 15.7. The molecule has 0 radical (unpaired) electrons. The smallest absolute Gasteiger partial charge is 0.339 e. The number of ether oxygens (including phenoxy) is 1. The van der Waals surface area contributed by atoms with Gasteiger partial charge >= 0.3 is 11.8 Å². The summed E-state index contributed by atoms with van der Waals surface area (Å²) < 4.78 is 97.0. The summed E-state index contributed by atoms with van der Waals surface area (Å²) in [6.07, 6.45) is 8.63. The van der Waals surface area contributed by atoms with E-state index in [1.165, 1.54) is 26.0 Å². The van der Waals surface area contributed by atoms with Gasteiger partial charge in [-0.1, -0.05) is 51.0 Å². The number of allylic oxidation sites excluding steroid dienone is 6. The highest BCUT2D eigenvalue weighted by molar-refractivity contribution is 5.57. The molecule has 1 aromatic rings. The van der Waals surface area contributed by atoms with Crippen molar-refractivity contribution in [2.75, 3.05) is 6.61 Å². The lowest BCUT2D eigenvalue weighted by atomic mass is 9.58. The Morgan fingerprint density at radius 1 is 1.09 bits per heavy atom. The highest BCUT2D eigenvalue weighted by Gasteiger charge is 2.73. The SMILES string of the molecule is CCCC1CC=C(C2=C(F)C3C(C)(C=C2)c2ccc(OCC)c(F)c2C(F)(F)C3(F)F)CC1. The van der Waals surface area contributed by atoms with Crippen molar-refractivity contribution in [3.63, 3.8) is 0 Å². The molecule has 0 heterocycles. The van der Waals surface area contributed by atoms with Crippen LogP contribution in [0.25, 0.3) is 0 Å². The van der Waals surface area contributed by atoms with Crippen LogP contribution in [0.2, 0.25) is 0 Å². The van der Waals surface area contributed by atoms with E-state index in [1.807, 2.05) is 6.08 Å². The van der Waals surface area contributed by atoms with Gasteiger partial charge in [-0.3, -0.25) is 0 Å². The Kier molecular flexibility index (Phi) is 5.98. The summed E-state index contributed by atoms with van der Waals surface area (Å²) in [5.74, 6) is -15.1. The second kappa shape index (κ2) is 8.24. The van der Waals surface area contributed by atoms with E-state index in [-0.39, 0.29) is 17.7 Å². The first-order valence-electron chi connectivity index (χ1n) is 11.5. The molecule has 1 aromatic carbocycles. The van der Waals surface area contributed by atoms with Gasteiger partial charge in [-0.05, 0) is 49.3 Å². The molecule has 180 valence electrons. The molecule has 1 nitrogen and oxygen atoms in total. The van der Waals surface area contributed by atoms with Crippen LogP contribution in [0.15, 0.2) is 47.3 Å². The molecule has 3 aliphatic carbocycles. The van der Waals surface area contributed by atoms with Crippen LogP contribution in [0.1, 0.15) is 64.0 Å². The average Bonchev–Trinajstić information content (AvgIpc) is 2.75. The van der Waals surface area contributed by atoms with Gasteiger partial charge in [0.15, 0.2) is 11.6 Å². The summed E-state index contributed by atoms with van der Waals surface area (Å²) in [5.41, 5.74) is -3.09.